The number of aryl methyl sites for hydroxylation is 2. The molecule has 6 N–H and O–H groups in total. The van der Waals surface area contributed by atoms with Crippen molar-refractivity contribution in [3.05, 3.63) is 40.4 Å². The van der Waals surface area contributed by atoms with Crippen LogP contribution in [-0.4, -0.2) is 22.8 Å². The molecule has 144 valence electrons. The second kappa shape index (κ2) is 9.67. The third-order valence-corrected chi connectivity index (χ3v) is 4.69. The number of aliphatic imine (C=N–C) groups is 1. The Balaban J connectivity index is 2.08. The number of carbonyl (C=O) groups excluding carboxylic acids is 2. The van der Waals surface area contributed by atoms with Crippen LogP contribution in [-0.2, 0) is 29.0 Å². The highest BCUT2D eigenvalue weighted by Gasteiger charge is 2.13. The molecule has 1 aromatic carbocycles. The highest BCUT2D eigenvalue weighted by molar-refractivity contribution is 7.15. The number of nitrogens with two attached hydrogens (primary N) is 2. The van der Waals surface area contributed by atoms with Crippen molar-refractivity contribution in [1.82, 2.24) is 10.3 Å². The average Bonchev–Trinajstić information content (AvgIpc) is 2.99. The Hall–Kier alpha value is -2.94. The molecule has 1 heterocycles. The van der Waals surface area contributed by atoms with Crippen LogP contribution in [0.25, 0.3) is 0 Å². The molecule has 27 heavy (non-hydrogen) atoms. The Bertz CT molecular complexity index is 825. The normalized spacial score (nSPS) is 10.3. The predicted molar refractivity (Wildman–Crippen MR) is 108 cm³/mol. The maximum Gasteiger partial charge on any atom is 0.223 e. The minimum atomic E-state index is -0.172. The van der Waals surface area contributed by atoms with E-state index in [-0.39, 0.29) is 17.8 Å². The van der Waals surface area contributed by atoms with Gasteiger partial charge >= 0.3 is 0 Å². The Kier molecular flexibility index (Phi) is 7.30. The van der Waals surface area contributed by atoms with Crippen LogP contribution in [0.1, 0.15) is 36.4 Å². The molecule has 8 nitrogen and oxygen atoms in total. The summed E-state index contributed by atoms with van der Waals surface area (Å²) < 4.78 is 0. The van der Waals surface area contributed by atoms with Gasteiger partial charge in [0.2, 0.25) is 11.8 Å². The van der Waals surface area contributed by atoms with E-state index >= 15 is 0 Å². The first-order valence-corrected chi connectivity index (χ1v) is 9.40. The topological polar surface area (TPSA) is 135 Å². The molecular weight excluding hydrogens is 364 g/mol. The standard InChI is InChI=1S/C18H24N6O2S/c1-3-16(26)21-10-15-14(24-18(27-15)22-11(2)25)9-6-12-4-7-13(8-5-12)23-17(19)20/h4-5,7-8H,3,6,9-10H2,1-2H3,(H,21,26)(H4,19,20,23)(H,22,24,25). The molecule has 0 saturated carbocycles. The molecule has 0 fully saturated rings. The van der Waals surface area contributed by atoms with Crippen LogP contribution in [0, 0.1) is 0 Å². The molecule has 0 aliphatic heterocycles. The Labute approximate surface area is 162 Å². The van der Waals surface area contributed by atoms with E-state index in [0.29, 0.717) is 30.2 Å². The summed E-state index contributed by atoms with van der Waals surface area (Å²) in [5.41, 5.74) is 13.4. The number of benzene rings is 1. The van der Waals surface area contributed by atoms with Gasteiger partial charge in [-0.25, -0.2) is 9.98 Å². The lowest BCUT2D eigenvalue weighted by molar-refractivity contribution is -0.121. The first-order valence-electron chi connectivity index (χ1n) is 8.58. The number of hydrogen-bond acceptors (Lipinski definition) is 5. The number of rotatable bonds is 8. The van der Waals surface area contributed by atoms with Gasteiger partial charge in [-0.2, -0.15) is 0 Å². The van der Waals surface area contributed by atoms with E-state index in [1.807, 2.05) is 24.3 Å². The van der Waals surface area contributed by atoms with E-state index in [4.69, 9.17) is 11.5 Å². The van der Waals surface area contributed by atoms with Crippen molar-refractivity contribution in [3.63, 3.8) is 0 Å². The lowest BCUT2D eigenvalue weighted by atomic mass is 10.1. The van der Waals surface area contributed by atoms with Crippen molar-refractivity contribution < 1.29 is 9.59 Å². The van der Waals surface area contributed by atoms with Crippen LogP contribution >= 0.6 is 11.3 Å². The molecule has 2 amide bonds. The molecular formula is C18H24N6O2S. The van der Waals surface area contributed by atoms with Crippen LogP contribution in [0.4, 0.5) is 10.8 Å². The highest BCUT2D eigenvalue weighted by atomic mass is 32.1. The number of amides is 2. The predicted octanol–water partition coefficient (Wildman–Crippen LogP) is 1.82. The van der Waals surface area contributed by atoms with Crippen LogP contribution < -0.4 is 22.1 Å². The van der Waals surface area contributed by atoms with Gasteiger partial charge < -0.3 is 22.1 Å². The summed E-state index contributed by atoms with van der Waals surface area (Å²) in [5.74, 6) is -0.171. The minimum absolute atomic E-state index is 0.0225. The van der Waals surface area contributed by atoms with Crippen molar-refractivity contribution in [2.24, 2.45) is 16.5 Å². The van der Waals surface area contributed by atoms with E-state index in [2.05, 4.69) is 20.6 Å². The summed E-state index contributed by atoms with van der Waals surface area (Å²) in [6, 6.07) is 7.62. The second-order valence-electron chi connectivity index (χ2n) is 5.90. The summed E-state index contributed by atoms with van der Waals surface area (Å²) in [6.45, 7) is 3.65. The molecule has 0 aliphatic carbocycles. The van der Waals surface area contributed by atoms with Gasteiger partial charge in [-0.05, 0) is 30.5 Å². The maximum atomic E-state index is 11.5. The van der Waals surface area contributed by atoms with Gasteiger partial charge in [0.15, 0.2) is 11.1 Å². The van der Waals surface area contributed by atoms with E-state index in [1.165, 1.54) is 18.3 Å². The van der Waals surface area contributed by atoms with Crippen molar-refractivity contribution in [2.75, 3.05) is 5.32 Å². The number of nitrogens with zero attached hydrogens (tertiary/aromatic N) is 2. The second-order valence-corrected chi connectivity index (χ2v) is 6.99. The van der Waals surface area contributed by atoms with Crippen LogP contribution in [0.15, 0.2) is 29.3 Å². The van der Waals surface area contributed by atoms with Gasteiger partial charge in [-0.3, -0.25) is 9.59 Å². The van der Waals surface area contributed by atoms with Crippen molar-refractivity contribution in [1.29, 1.82) is 0 Å². The van der Waals surface area contributed by atoms with Crippen molar-refractivity contribution in [2.45, 2.75) is 39.7 Å². The molecule has 9 heteroatoms. The number of nitrogens with one attached hydrogen (secondary N) is 2. The smallest absolute Gasteiger partial charge is 0.223 e. The number of hydrogen-bond donors (Lipinski definition) is 4. The number of guanidine groups is 1. The monoisotopic (exact) mass is 388 g/mol. The minimum Gasteiger partial charge on any atom is -0.370 e. The van der Waals surface area contributed by atoms with Gasteiger partial charge in [-0.15, -0.1) is 0 Å². The number of aromatic nitrogens is 1. The fraction of sp³-hybridized carbons (Fsp3) is 0.333. The Morgan fingerprint density at radius 3 is 2.48 bits per heavy atom. The van der Waals surface area contributed by atoms with E-state index in [1.54, 1.807) is 6.92 Å². The SMILES string of the molecule is CCC(=O)NCc1sc(NC(C)=O)nc1CCc1ccc(N=C(N)N)cc1. The van der Waals surface area contributed by atoms with Crippen LogP contribution in [0.5, 0.6) is 0 Å². The summed E-state index contributed by atoms with van der Waals surface area (Å²) >= 11 is 1.38. The lowest BCUT2D eigenvalue weighted by Gasteiger charge is -2.05. The number of thiazole rings is 1. The van der Waals surface area contributed by atoms with Gasteiger partial charge in [0.25, 0.3) is 0 Å². The Morgan fingerprint density at radius 1 is 1.19 bits per heavy atom. The third kappa shape index (κ3) is 6.70. The first kappa shape index (κ1) is 20.4. The zero-order chi connectivity index (χ0) is 19.8. The molecule has 0 bridgehead atoms. The molecule has 0 aliphatic rings. The van der Waals surface area contributed by atoms with Gasteiger partial charge in [0.05, 0.1) is 17.9 Å². The average molecular weight is 388 g/mol. The van der Waals surface area contributed by atoms with Crippen LogP contribution in [0.2, 0.25) is 0 Å². The maximum absolute atomic E-state index is 11.5. The molecule has 1 aromatic heterocycles. The van der Waals surface area contributed by atoms with Gasteiger partial charge in [0, 0.05) is 18.2 Å². The fourth-order valence-corrected chi connectivity index (χ4v) is 3.37. The molecule has 0 atom stereocenters. The van der Waals surface area contributed by atoms with Gasteiger partial charge in [0.1, 0.15) is 0 Å². The lowest BCUT2D eigenvalue weighted by Crippen LogP contribution is -2.21. The molecule has 2 aromatic rings. The molecule has 0 saturated heterocycles. The molecule has 0 radical (unpaired) electrons. The summed E-state index contributed by atoms with van der Waals surface area (Å²) in [5, 5.41) is 6.11. The van der Waals surface area contributed by atoms with E-state index in [9.17, 15) is 9.59 Å². The third-order valence-electron chi connectivity index (χ3n) is 3.67. The summed E-state index contributed by atoms with van der Waals surface area (Å²) in [6.07, 6.45) is 1.88. The fourth-order valence-electron chi connectivity index (χ4n) is 2.37. The van der Waals surface area contributed by atoms with E-state index in [0.717, 1.165) is 22.6 Å². The highest BCUT2D eigenvalue weighted by Crippen LogP contribution is 2.25. The zero-order valence-electron chi connectivity index (χ0n) is 15.4. The van der Waals surface area contributed by atoms with Crippen molar-refractivity contribution >= 4 is 39.9 Å². The summed E-state index contributed by atoms with van der Waals surface area (Å²) in [4.78, 5) is 32.3. The molecule has 0 unspecified atom stereocenters. The van der Waals surface area contributed by atoms with Gasteiger partial charge in [-0.1, -0.05) is 30.4 Å². The van der Waals surface area contributed by atoms with Crippen LogP contribution in [0.3, 0.4) is 0 Å². The quantitative estimate of drug-likeness (QED) is 0.404. The van der Waals surface area contributed by atoms with Crippen molar-refractivity contribution in [3.8, 4) is 0 Å². The number of carbonyl (C=O) groups is 2. The number of anilines is 1. The largest absolute Gasteiger partial charge is 0.370 e. The van der Waals surface area contributed by atoms with E-state index < -0.39 is 0 Å². The zero-order valence-corrected chi connectivity index (χ0v) is 16.2. The molecule has 0 spiro atoms. The summed E-state index contributed by atoms with van der Waals surface area (Å²) in [7, 11) is 0. The Morgan fingerprint density at radius 2 is 1.89 bits per heavy atom. The first-order chi connectivity index (χ1) is 12.9. The molecule has 2 rings (SSSR count).